The minimum atomic E-state index is -1.82. The maximum absolute atomic E-state index is 15.1. The number of H-pyrrole nitrogens is 1. The Morgan fingerprint density at radius 2 is 1.35 bits per heavy atom. The molecule has 2 saturated heterocycles. The second-order valence-electron chi connectivity index (χ2n) is 24.2. The Morgan fingerprint density at radius 3 is 2.04 bits per heavy atom. The minimum absolute atomic E-state index is 0.0200. The number of carboxylic acid groups (broad SMARTS) is 1. The number of hydrogen-bond donors (Lipinski definition) is 17. The highest BCUT2D eigenvalue weighted by Crippen LogP contribution is 2.26. The van der Waals surface area contributed by atoms with Crippen molar-refractivity contribution in [2.45, 2.75) is 139 Å². The van der Waals surface area contributed by atoms with Gasteiger partial charge in [-0.15, -0.1) is 0 Å². The molecule has 11 amide bonds. The number of carbonyl (C=O) groups excluding carboxylic acids is 11. The fraction of sp³-hybridized carbons (Fsp3) is 0.431. The predicted octanol–water partition coefficient (Wildman–Crippen LogP) is -1.65. The summed E-state index contributed by atoms with van der Waals surface area (Å²) in [5.74, 6) is -6.84. The van der Waals surface area contributed by atoms with Crippen LogP contribution in [0.2, 0.25) is 0 Å². The number of aromatic amines is 1. The number of aliphatic imine (C=N–C) groups is 1. The number of likely N-dealkylation sites (tertiary alicyclic amines) is 1. The quantitative estimate of drug-likeness (QED) is 0.00561. The second-order valence-corrected chi connectivity index (χ2v) is 26.8. The number of fused-ring (bicyclic) bond motifs is 2. The Morgan fingerprint density at radius 1 is 0.704 bits per heavy atom. The van der Waals surface area contributed by atoms with Crippen molar-refractivity contribution in [2.75, 3.05) is 31.1 Å². The molecule has 0 saturated carbocycles. The van der Waals surface area contributed by atoms with Gasteiger partial charge < -0.3 is 85.1 Å². The van der Waals surface area contributed by atoms with Crippen LogP contribution in [-0.2, 0) is 76.8 Å². The summed E-state index contributed by atoms with van der Waals surface area (Å²) >= 11 is 0. The Hall–Kier alpha value is -9.99. The molecule has 1 aromatic heterocycles. The number of nitrogens with two attached hydrogens (primary N) is 4. The highest BCUT2D eigenvalue weighted by molar-refractivity contribution is 8.76. The number of hydrogen-bond acceptors (Lipinski definition) is 18. The van der Waals surface area contributed by atoms with Crippen LogP contribution in [0.15, 0.2) is 102 Å². The van der Waals surface area contributed by atoms with Gasteiger partial charge in [0.05, 0.1) is 6.42 Å². The third kappa shape index (κ3) is 22.0. The number of phenols is 1. The lowest BCUT2D eigenvalue weighted by atomic mass is 10.0. The summed E-state index contributed by atoms with van der Waals surface area (Å²) in [5.41, 5.74) is 21.0. The highest BCUT2D eigenvalue weighted by Gasteiger charge is 2.41. The van der Waals surface area contributed by atoms with Crippen molar-refractivity contribution >= 4 is 120 Å². The number of aromatic nitrogens is 1. The van der Waals surface area contributed by atoms with Crippen LogP contribution in [0.5, 0.6) is 5.75 Å². The Bertz CT molecular complexity index is 3740. The molecule has 5 aromatic rings. The minimum Gasteiger partial charge on any atom is -0.508 e. The number of carbonyl (C=O) groups is 12. The van der Waals surface area contributed by atoms with E-state index in [4.69, 9.17) is 23.0 Å². The summed E-state index contributed by atoms with van der Waals surface area (Å²) in [4.78, 5) is 179. The van der Waals surface area contributed by atoms with Crippen molar-refractivity contribution in [1.82, 2.24) is 63.2 Å². The van der Waals surface area contributed by atoms with Gasteiger partial charge in [0.25, 0.3) is 0 Å². The van der Waals surface area contributed by atoms with Gasteiger partial charge in [-0.1, -0.05) is 108 Å². The average molecular weight is 1390 g/mol. The molecule has 31 nitrogen and oxygen atoms in total. The number of benzene rings is 4. The van der Waals surface area contributed by atoms with Crippen molar-refractivity contribution in [3.8, 4) is 5.75 Å². The molecule has 0 unspecified atom stereocenters. The summed E-state index contributed by atoms with van der Waals surface area (Å²) in [6.07, 6.45) is 0.734. The van der Waals surface area contributed by atoms with Crippen molar-refractivity contribution in [3.05, 3.63) is 114 Å². The van der Waals surface area contributed by atoms with Crippen LogP contribution < -0.4 is 76.3 Å². The van der Waals surface area contributed by atoms with Crippen LogP contribution in [0.4, 0.5) is 0 Å². The van der Waals surface area contributed by atoms with E-state index in [1.807, 2.05) is 41.8 Å². The Labute approximate surface area is 572 Å². The van der Waals surface area contributed by atoms with Gasteiger partial charge in [-0.3, -0.25) is 63.2 Å². The van der Waals surface area contributed by atoms with E-state index in [-0.39, 0.29) is 87.2 Å². The lowest BCUT2D eigenvalue weighted by Crippen LogP contribution is -2.61. The number of guanidine groups is 1. The lowest BCUT2D eigenvalue weighted by molar-refractivity contribution is -0.145. The average Bonchev–Trinajstić information content (AvgIpc) is 1.64. The molecule has 33 heteroatoms. The molecule has 526 valence electrons. The summed E-state index contributed by atoms with van der Waals surface area (Å²) in [7, 11) is 1.91. The number of nitrogens with one attached hydrogen (secondary N) is 11. The number of para-hydroxylation sites is 1. The maximum atomic E-state index is 15.1. The Kier molecular flexibility index (Phi) is 28.0. The third-order valence-corrected chi connectivity index (χ3v) is 18.7. The molecule has 98 heavy (non-hydrogen) atoms. The van der Waals surface area contributed by atoms with E-state index in [0.717, 1.165) is 32.4 Å². The van der Waals surface area contributed by atoms with Crippen LogP contribution in [0, 0.1) is 5.92 Å². The van der Waals surface area contributed by atoms with E-state index in [0.29, 0.717) is 34.0 Å². The van der Waals surface area contributed by atoms with E-state index in [1.165, 1.54) is 36.1 Å². The number of amides is 11. The van der Waals surface area contributed by atoms with Crippen LogP contribution >= 0.6 is 21.6 Å². The Balaban J connectivity index is 1.25. The predicted molar refractivity (Wildman–Crippen MR) is 367 cm³/mol. The molecular weight excluding hydrogens is 1310 g/mol. The first-order valence-corrected chi connectivity index (χ1v) is 34.3. The summed E-state index contributed by atoms with van der Waals surface area (Å²) in [6, 6.07) is 11.0. The molecule has 2 fully saturated rings. The molecule has 0 aliphatic carbocycles. The third-order valence-electron chi connectivity index (χ3n) is 16.3. The van der Waals surface area contributed by atoms with Crippen molar-refractivity contribution in [3.63, 3.8) is 0 Å². The number of aliphatic carboxylic acids is 1. The van der Waals surface area contributed by atoms with Crippen LogP contribution in [0.3, 0.4) is 0 Å². The van der Waals surface area contributed by atoms with Gasteiger partial charge in [-0.25, -0.2) is 10.6 Å². The molecule has 3 heterocycles. The van der Waals surface area contributed by atoms with Gasteiger partial charge in [-0.2, -0.15) is 0 Å². The van der Waals surface area contributed by atoms with Crippen molar-refractivity contribution < 1.29 is 67.7 Å². The fourth-order valence-corrected chi connectivity index (χ4v) is 13.6. The number of phenolic OH excluding ortho intramolecular Hbond substituents is 1. The van der Waals surface area contributed by atoms with Gasteiger partial charge >= 0.3 is 5.97 Å². The van der Waals surface area contributed by atoms with Gasteiger partial charge in [0.15, 0.2) is 5.96 Å². The van der Waals surface area contributed by atoms with Gasteiger partial charge in [-0.05, 0) is 83.7 Å². The van der Waals surface area contributed by atoms with E-state index in [2.05, 4.69) is 57.8 Å². The summed E-state index contributed by atoms with van der Waals surface area (Å²) in [5, 5.41) is 46.2. The largest absolute Gasteiger partial charge is 0.508 e. The molecular formula is C65H85N17O14S2. The molecule has 10 atom stereocenters. The first kappa shape index (κ1) is 75.4. The molecule has 2 aliphatic rings. The SMILES string of the molecule is CC(=O)N[C@H](Cc1ccc2ccccc2c1)C(=O)N[C@H]1CSSC[C@H](C(=O)N[C@@H](CC(C)C)C(=O)N[C@@H](CCCN=C(N)N)C(=O)N2CCC[C@H]2C(=O)N[C@@H](CN)C(=O)O)NC(=O)[C@H](Cc2ccc(O)cc2)NC(=O)[C@@H](CC(=O)NN)NC(=O)[C@@H](Cc2c[nH]c3ccccc23)NC1=O. The monoisotopic (exact) mass is 1390 g/mol. The van der Waals surface area contributed by atoms with E-state index in [1.54, 1.807) is 50.4 Å². The topological polar surface area (TPSA) is 501 Å². The molecule has 4 aromatic carbocycles. The van der Waals surface area contributed by atoms with Crippen LogP contribution in [-0.4, -0.2) is 189 Å². The smallest absolute Gasteiger partial charge is 0.327 e. The highest BCUT2D eigenvalue weighted by atomic mass is 33.1. The zero-order valence-corrected chi connectivity index (χ0v) is 55.9. The maximum Gasteiger partial charge on any atom is 0.327 e. The number of nitrogens with zero attached hydrogens (tertiary/aromatic N) is 2. The molecule has 0 radical (unpaired) electrons. The van der Waals surface area contributed by atoms with Crippen molar-refractivity contribution in [1.29, 1.82) is 0 Å². The standard InChI is InChI=1S/C65H85N17O14S2/c1-34(2)24-45(55(86)73-44(14-8-22-70-65(67)68)63(94)82-23-9-15-53(82)62(93)78-50(30-66)64(95)96)74-60(91)51-32-97-98-33-52(79-56(87)46(72-35(3)83)27-37-16-19-38-10-4-5-11-39(38)25-37)61(92)76-48(28-40-31-71-43-13-7-6-12-42(40)43)58(89)77-49(29-54(85)81-69)59(90)75-47(57(88)80-51)26-36-17-20-41(84)21-18-36/h4-7,10-13,16-21,25,31,34,44-53,71,84H,8-9,14-15,22-24,26-30,32-33,66,69H2,1-3H3,(H,72,83)(H,73,86)(H,74,91)(H,75,90)(H,76,92)(H,77,89)(H,78,93)(H,79,87)(H,80,88)(H,81,85)(H,95,96)(H4,67,68,70)/t44-,45-,46+,47-,48+,49+,50-,51+,52-,53-/m0/s1. The zero-order chi connectivity index (χ0) is 71.2. The van der Waals surface area contributed by atoms with Crippen LogP contribution in [0.1, 0.15) is 76.0 Å². The normalized spacial score (nSPS) is 20.0. The number of hydrazine groups is 1. The lowest BCUT2D eigenvalue weighted by Gasteiger charge is -2.31. The van der Waals surface area contributed by atoms with E-state index in [9.17, 15) is 53.4 Å². The second kappa shape index (κ2) is 36.4. The van der Waals surface area contributed by atoms with E-state index < -0.39 is 144 Å². The van der Waals surface area contributed by atoms with Gasteiger partial charge in [0.2, 0.25) is 65.0 Å². The van der Waals surface area contributed by atoms with Gasteiger partial charge in [0, 0.05) is 74.4 Å². The van der Waals surface area contributed by atoms with Crippen molar-refractivity contribution in [2.24, 2.45) is 34.0 Å². The molecule has 0 spiro atoms. The zero-order valence-electron chi connectivity index (χ0n) is 54.3. The molecule has 2 aliphatic heterocycles. The number of carboxylic acids is 1. The molecule has 0 bridgehead atoms. The van der Waals surface area contributed by atoms with Gasteiger partial charge in [0.1, 0.15) is 66.2 Å². The fourth-order valence-electron chi connectivity index (χ4n) is 11.3. The first-order valence-electron chi connectivity index (χ1n) is 31.8. The first-order chi connectivity index (χ1) is 46.8. The van der Waals surface area contributed by atoms with Crippen LogP contribution in [0.25, 0.3) is 21.7 Å². The number of rotatable bonds is 26. The molecule has 21 N–H and O–H groups in total. The summed E-state index contributed by atoms with van der Waals surface area (Å²) in [6.45, 7) is 4.38. The molecule has 7 rings (SSSR count). The van der Waals surface area contributed by atoms with E-state index >= 15 is 14.4 Å². The summed E-state index contributed by atoms with van der Waals surface area (Å²) < 4.78 is 0. The number of aromatic hydroxyl groups is 1.